The van der Waals surface area contributed by atoms with E-state index in [4.69, 9.17) is 4.74 Å². The third-order valence-electron chi connectivity index (χ3n) is 7.06. The standard InChI is InChI=1S/C22H20N2O7/c25-17(11-1-3-12(4-2-11)24(29)30)10-31-18(26)7-8-23-21(27)19-13-5-6-14(16-9-15(13)16)20(19)22(23)28/h1-6,13-16,19-20H,7-10H2/t13-,14+,15-,16-,19+,20+/m1/s1. The van der Waals surface area contributed by atoms with Gasteiger partial charge in [0.2, 0.25) is 11.8 Å². The number of nitrogens with zero attached hydrogens (tertiary/aromatic N) is 2. The maximum atomic E-state index is 12.9. The Kier molecular flexibility index (Phi) is 4.49. The number of ketones is 1. The number of imide groups is 1. The molecule has 2 amide bonds. The monoisotopic (exact) mass is 424 g/mol. The molecule has 0 aromatic heterocycles. The number of carbonyl (C=O) groups excluding carboxylic acids is 4. The number of Topliss-reactive ketones (excluding diaryl/α,β-unsaturated/α-hetero) is 1. The third-order valence-corrected chi connectivity index (χ3v) is 7.06. The van der Waals surface area contributed by atoms with Gasteiger partial charge >= 0.3 is 5.97 Å². The molecular weight excluding hydrogens is 404 g/mol. The lowest BCUT2D eigenvalue weighted by Crippen LogP contribution is -2.40. The molecule has 0 radical (unpaired) electrons. The Morgan fingerprint density at radius 2 is 1.61 bits per heavy atom. The van der Waals surface area contributed by atoms with Crippen LogP contribution in [0.15, 0.2) is 36.4 Å². The third kappa shape index (κ3) is 3.15. The molecule has 9 nitrogen and oxygen atoms in total. The van der Waals surface area contributed by atoms with Crippen LogP contribution in [0.25, 0.3) is 0 Å². The molecule has 2 saturated carbocycles. The number of rotatable bonds is 7. The van der Waals surface area contributed by atoms with Crippen LogP contribution in [0.5, 0.6) is 0 Å². The van der Waals surface area contributed by atoms with Gasteiger partial charge in [0.05, 0.1) is 23.2 Å². The summed E-state index contributed by atoms with van der Waals surface area (Å²) in [6, 6.07) is 4.99. The van der Waals surface area contributed by atoms with Crippen molar-refractivity contribution in [2.24, 2.45) is 35.5 Å². The molecule has 0 N–H and O–H groups in total. The Balaban J connectivity index is 1.14. The van der Waals surface area contributed by atoms with E-state index >= 15 is 0 Å². The normalized spacial score (nSPS) is 31.9. The van der Waals surface area contributed by atoms with Gasteiger partial charge in [0.25, 0.3) is 5.69 Å². The Bertz CT molecular complexity index is 995. The lowest BCUT2D eigenvalue weighted by Gasteiger charge is -2.37. The van der Waals surface area contributed by atoms with Crippen molar-refractivity contribution >= 4 is 29.3 Å². The smallest absolute Gasteiger partial charge is 0.308 e. The molecule has 1 aliphatic heterocycles. The number of nitro groups is 1. The Morgan fingerprint density at radius 3 is 2.16 bits per heavy atom. The maximum Gasteiger partial charge on any atom is 0.308 e. The molecule has 6 atom stereocenters. The summed E-state index contributed by atoms with van der Waals surface area (Å²) in [7, 11) is 0. The molecule has 1 aromatic carbocycles. The number of hydrogen-bond acceptors (Lipinski definition) is 7. The van der Waals surface area contributed by atoms with Crippen LogP contribution in [0.3, 0.4) is 0 Å². The number of benzene rings is 1. The van der Waals surface area contributed by atoms with E-state index in [0.29, 0.717) is 11.8 Å². The molecule has 1 heterocycles. The average molecular weight is 424 g/mol. The number of amides is 2. The van der Waals surface area contributed by atoms with Gasteiger partial charge in [-0.1, -0.05) is 12.2 Å². The quantitative estimate of drug-likeness (QED) is 0.163. The zero-order valence-corrected chi connectivity index (χ0v) is 16.5. The second-order valence-electron chi connectivity index (χ2n) is 8.62. The first-order valence-electron chi connectivity index (χ1n) is 10.3. The first-order chi connectivity index (χ1) is 14.9. The summed E-state index contributed by atoms with van der Waals surface area (Å²) < 4.78 is 4.98. The largest absolute Gasteiger partial charge is 0.457 e. The molecule has 3 fully saturated rings. The number of ether oxygens (including phenoxy) is 1. The molecule has 6 rings (SSSR count). The van der Waals surface area contributed by atoms with E-state index in [1.807, 2.05) is 0 Å². The zero-order valence-electron chi connectivity index (χ0n) is 16.5. The molecule has 9 heteroatoms. The number of nitro benzene ring substituents is 1. The minimum Gasteiger partial charge on any atom is -0.457 e. The van der Waals surface area contributed by atoms with Gasteiger partial charge in [0.1, 0.15) is 0 Å². The Hall–Kier alpha value is -3.36. The summed E-state index contributed by atoms with van der Waals surface area (Å²) in [5.41, 5.74) is 0.0453. The number of hydrogen-bond donors (Lipinski definition) is 0. The fourth-order valence-corrected chi connectivity index (χ4v) is 5.51. The second-order valence-corrected chi connectivity index (χ2v) is 8.62. The molecule has 0 unspecified atom stereocenters. The second kappa shape index (κ2) is 7.11. The number of carbonyl (C=O) groups is 4. The van der Waals surface area contributed by atoms with Crippen molar-refractivity contribution in [1.29, 1.82) is 0 Å². The van der Waals surface area contributed by atoms with Crippen LogP contribution in [0.1, 0.15) is 23.2 Å². The summed E-state index contributed by atoms with van der Waals surface area (Å²) >= 11 is 0. The van der Waals surface area contributed by atoms with Crippen molar-refractivity contribution in [3.8, 4) is 0 Å². The highest BCUT2D eigenvalue weighted by atomic mass is 16.6. The summed E-state index contributed by atoms with van der Waals surface area (Å²) in [5.74, 6) is -0.882. The van der Waals surface area contributed by atoms with Crippen LogP contribution >= 0.6 is 0 Å². The molecule has 31 heavy (non-hydrogen) atoms. The highest BCUT2D eigenvalue weighted by Gasteiger charge is 2.66. The molecule has 2 bridgehead atoms. The van der Waals surface area contributed by atoms with Gasteiger partial charge in [-0.25, -0.2) is 0 Å². The fourth-order valence-electron chi connectivity index (χ4n) is 5.51. The average Bonchev–Trinajstić information content (AvgIpc) is 3.55. The van der Waals surface area contributed by atoms with E-state index in [2.05, 4.69) is 12.2 Å². The highest BCUT2D eigenvalue weighted by molar-refractivity contribution is 6.06. The number of non-ortho nitro benzene ring substituents is 1. The summed E-state index contributed by atoms with van der Waals surface area (Å²) in [5, 5.41) is 10.7. The van der Waals surface area contributed by atoms with Gasteiger partial charge in [-0.05, 0) is 42.2 Å². The van der Waals surface area contributed by atoms with Crippen molar-refractivity contribution in [1.82, 2.24) is 4.90 Å². The van der Waals surface area contributed by atoms with E-state index in [1.54, 1.807) is 0 Å². The van der Waals surface area contributed by atoms with E-state index < -0.39 is 23.3 Å². The Labute approximate surface area is 177 Å². The molecule has 0 spiro atoms. The first-order valence-corrected chi connectivity index (χ1v) is 10.3. The predicted octanol–water partition coefficient (Wildman–Crippen LogP) is 1.76. The highest BCUT2D eigenvalue weighted by Crippen LogP contribution is 2.65. The lowest BCUT2D eigenvalue weighted by molar-refractivity contribution is -0.384. The van der Waals surface area contributed by atoms with Crippen molar-refractivity contribution in [3.05, 3.63) is 52.1 Å². The van der Waals surface area contributed by atoms with Crippen molar-refractivity contribution < 1.29 is 28.8 Å². The van der Waals surface area contributed by atoms with Gasteiger partial charge in [0, 0.05) is 24.2 Å². The summed E-state index contributed by atoms with van der Waals surface area (Å²) in [6.45, 7) is -0.564. The van der Waals surface area contributed by atoms with Crippen LogP contribution in [-0.2, 0) is 19.1 Å². The minimum atomic E-state index is -0.685. The van der Waals surface area contributed by atoms with Crippen molar-refractivity contribution in [3.63, 3.8) is 0 Å². The van der Waals surface area contributed by atoms with Gasteiger partial charge < -0.3 is 4.74 Å². The van der Waals surface area contributed by atoms with Crippen molar-refractivity contribution in [2.75, 3.05) is 13.2 Å². The minimum absolute atomic E-state index is 0.0516. The van der Waals surface area contributed by atoms with E-state index in [0.717, 1.165) is 6.42 Å². The summed E-state index contributed by atoms with van der Waals surface area (Å²) in [4.78, 5) is 61.2. The predicted molar refractivity (Wildman–Crippen MR) is 104 cm³/mol. The Morgan fingerprint density at radius 1 is 1.03 bits per heavy atom. The van der Waals surface area contributed by atoms with Gasteiger partial charge in [0.15, 0.2) is 12.4 Å². The molecule has 4 aliphatic carbocycles. The lowest BCUT2D eigenvalue weighted by atomic mass is 9.63. The van der Waals surface area contributed by atoms with Crippen LogP contribution < -0.4 is 0 Å². The van der Waals surface area contributed by atoms with E-state index in [-0.39, 0.29) is 59.7 Å². The van der Waals surface area contributed by atoms with Gasteiger partial charge in [-0.2, -0.15) is 0 Å². The fraction of sp³-hybridized carbons (Fsp3) is 0.455. The first kappa shape index (κ1) is 19.6. The van der Waals surface area contributed by atoms with Crippen LogP contribution in [0.4, 0.5) is 5.69 Å². The molecular formula is C22H20N2O7. The van der Waals surface area contributed by atoms with Crippen molar-refractivity contribution in [2.45, 2.75) is 12.8 Å². The van der Waals surface area contributed by atoms with E-state index in [9.17, 15) is 29.3 Å². The van der Waals surface area contributed by atoms with E-state index in [1.165, 1.54) is 29.2 Å². The number of allylic oxidation sites excluding steroid dienone is 2. The molecule has 160 valence electrons. The topological polar surface area (TPSA) is 124 Å². The SMILES string of the molecule is O=C(CCN1C(=O)[C@H]2[C@@H]3C=C[C@@H]([C@H]4C[C@H]34)[C@@H]2C1=O)OCC(=O)c1ccc([N+](=O)[O-])cc1. The molecule has 1 aromatic rings. The molecule has 5 aliphatic rings. The van der Waals surface area contributed by atoms with Crippen LogP contribution in [0, 0.1) is 45.6 Å². The summed E-state index contributed by atoms with van der Waals surface area (Å²) in [6.07, 6.45) is 5.09. The number of likely N-dealkylation sites (tertiary alicyclic amines) is 1. The maximum absolute atomic E-state index is 12.9. The number of esters is 1. The molecule has 1 saturated heterocycles. The van der Waals surface area contributed by atoms with Gasteiger partial charge in [-0.15, -0.1) is 0 Å². The van der Waals surface area contributed by atoms with Crippen LogP contribution in [0.2, 0.25) is 0 Å². The zero-order chi connectivity index (χ0) is 21.9. The van der Waals surface area contributed by atoms with Gasteiger partial charge in [-0.3, -0.25) is 34.2 Å². The van der Waals surface area contributed by atoms with Crippen LogP contribution in [-0.4, -0.2) is 46.5 Å².